The van der Waals surface area contributed by atoms with Gasteiger partial charge in [0.2, 0.25) is 0 Å². The molecule has 0 saturated carbocycles. The van der Waals surface area contributed by atoms with Gasteiger partial charge in [0.15, 0.2) is 9.84 Å². The van der Waals surface area contributed by atoms with Gasteiger partial charge in [0, 0.05) is 12.8 Å². The van der Waals surface area contributed by atoms with Gasteiger partial charge in [-0.15, -0.1) is 0 Å². The molecule has 0 bridgehead atoms. The Morgan fingerprint density at radius 1 is 0.958 bits per heavy atom. The van der Waals surface area contributed by atoms with Gasteiger partial charge in [0.25, 0.3) is 0 Å². The second-order valence-corrected chi connectivity index (χ2v) is 8.45. The molecule has 1 unspecified atom stereocenters. The topological polar surface area (TPSA) is 66.4 Å². The van der Waals surface area contributed by atoms with Crippen molar-refractivity contribution in [2.75, 3.05) is 12.8 Å². The lowest BCUT2D eigenvalue weighted by atomic mass is 10.0. The monoisotopic (exact) mass is 347 g/mol. The van der Waals surface area contributed by atoms with Crippen LogP contribution in [0.2, 0.25) is 0 Å². The SMILES string of the molecule is CS(=O)(=O)C(CCCCc1ccc(-c2ccccc2)cc1)CNO. The highest BCUT2D eigenvalue weighted by atomic mass is 32.2. The van der Waals surface area contributed by atoms with Gasteiger partial charge in [-0.05, 0) is 36.0 Å². The third-order valence-corrected chi connectivity index (χ3v) is 5.84. The van der Waals surface area contributed by atoms with E-state index in [0.717, 1.165) is 19.3 Å². The average Bonchev–Trinajstić information content (AvgIpc) is 2.58. The maximum absolute atomic E-state index is 11.6. The van der Waals surface area contributed by atoms with E-state index in [0.29, 0.717) is 6.42 Å². The number of aryl methyl sites for hydroxylation is 1. The molecule has 0 aliphatic heterocycles. The fourth-order valence-electron chi connectivity index (χ4n) is 2.76. The zero-order chi connectivity index (χ0) is 17.4. The molecule has 0 aliphatic rings. The maximum Gasteiger partial charge on any atom is 0.151 e. The van der Waals surface area contributed by atoms with Crippen LogP contribution in [0, 0.1) is 0 Å². The van der Waals surface area contributed by atoms with Crippen LogP contribution in [0.4, 0.5) is 0 Å². The first-order chi connectivity index (χ1) is 11.5. The van der Waals surface area contributed by atoms with Crippen LogP contribution >= 0.6 is 0 Å². The van der Waals surface area contributed by atoms with Crippen LogP contribution in [-0.4, -0.2) is 31.7 Å². The predicted molar refractivity (Wildman–Crippen MR) is 97.9 cm³/mol. The largest absolute Gasteiger partial charge is 0.317 e. The third-order valence-electron chi connectivity index (χ3n) is 4.23. The number of rotatable bonds is 9. The van der Waals surface area contributed by atoms with Gasteiger partial charge in [0.1, 0.15) is 0 Å². The van der Waals surface area contributed by atoms with Gasteiger partial charge in [0.05, 0.1) is 5.25 Å². The molecule has 0 aromatic heterocycles. The van der Waals surface area contributed by atoms with Crippen LogP contribution in [0.15, 0.2) is 54.6 Å². The number of benzene rings is 2. The van der Waals surface area contributed by atoms with E-state index >= 15 is 0 Å². The van der Waals surface area contributed by atoms with Crippen molar-refractivity contribution >= 4 is 9.84 Å². The molecule has 0 saturated heterocycles. The molecule has 2 aromatic carbocycles. The van der Waals surface area contributed by atoms with Crippen molar-refractivity contribution in [3.8, 4) is 11.1 Å². The summed E-state index contributed by atoms with van der Waals surface area (Å²) >= 11 is 0. The van der Waals surface area contributed by atoms with Gasteiger partial charge in [-0.25, -0.2) is 13.9 Å². The average molecular weight is 347 g/mol. The van der Waals surface area contributed by atoms with Gasteiger partial charge in [-0.2, -0.15) is 0 Å². The maximum atomic E-state index is 11.6. The number of hydroxylamine groups is 1. The zero-order valence-electron chi connectivity index (χ0n) is 14.0. The Kier molecular flexibility index (Phi) is 6.97. The molecule has 0 radical (unpaired) electrons. The Bertz CT molecular complexity index is 712. The first kappa shape index (κ1) is 18.6. The Balaban J connectivity index is 1.82. The summed E-state index contributed by atoms with van der Waals surface area (Å²) in [5.41, 5.74) is 5.64. The molecule has 0 fully saturated rings. The van der Waals surface area contributed by atoms with Gasteiger partial charge in [-0.3, -0.25) is 0 Å². The molecule has 2 rings (SSSR count). The minimum absolute atomic E-state index is 0.0879. The highest BCUT2D eigenvalue weighted by Gasteiger charge is 2.19. The van der Waals surface area contributed by atoms with E-state index in [1.54, 1.807) is 0 Å². The second-order valence-electron chi connectivity index (χ2n) is 6.12. The molecule has 24 heavy (non-hydrogen) atoms. The van der Waals surface area contributed by atoms with Crippen LogP contribution in [0.25, 0.3) is 11.1 Å². The minimum Gasteiger partial charge on any atom is -0.317 e. The number of sulfone groups is 1. The molecular weight excluding hydrogens is 322 g/mol. The number of hydrogen-bond acceptors (Lipinski definition) is 4. The number of hydrogen-bond donors (Lipinski definition) is 2. The summed E-state index contributed by atoms with van der Waals surface area (Å²) in [6, 6.07) is 18.8. The van der Waals surface area contributed by atoms with Crippen LogP contribution in [0.5, 0.6) is 0 Å². The van der Waals surface area contributed by atoms with Crippen molar-refractivity contribution in [2.45, 2.75) is 30.9 Å². The highest BCUT2D eigenvalue weighted by molar-refractivity contribution is 7.91. The van der Waals surface area contributed by atoms with Crippen LogP contribution in [-0.2, 0) is 16.3 Å². The molecule has 0 heterocycles. The van der Waals surface area contributed by atoms with Crippen molar-refractivity contribution in [3.05, 3.63) is 60.2 Å². The van der Waals surface area contributed by atoms with Crippen LogP contribution in [0.3, 0.4) is 0 Å². The Hall–Kier alpha value is -1.69. The molecule has 1 atom stereocenters. The summed E-state index contributed by atoms with van der Waals surface area (Å²) in [7, 11) is -3.13. The predicted octanol–water partition coefficient (Wildman–Crippen LogP) is 3.46. The molecular formula is C19H25NO3S. The van der Waals surface area contributed by atoms with E-state index in [9.17, 15) is 8.42 Å². The van der Waals surface area contributed by atoms with E-state index in [2.05, 4.69) is 36.4 Å². The summed E-state index contributed by atoms with van der Waals surface area (Å²) < 4.78 is 23.2. The smallest absolute Gasteiger partial charge is 0.151 e. The highest BCUT2D eigenvalue weighted by Crippen LogP contribution is 2.20. The molecule has 0 amide bonds. The fraction of sp³-hybridized carbons (Fsp3) is 0.368. The summed E-state index contributed by atoms with van der Waals surface area (Å²) in [6.45, 7) is 0.0879. The van der Waals surface area contributed by atoms with Crippen molar-refractivity contribution in [2.24, 2.45) is 0 Å². The van der Waals surface area contributed by atoms with Crippen molar-refractivity contribution in [1.82, 2.24) is 5.48 Å². The van der Waals surface area contributed by atoms with E-state index in [4.69, 9.17) is 5.21 Å². The molecule has 4 nitrogen and oxygen atoms in total. The standard InChI is InChI=1S/C19H25NO3S/c1-24(22,23)19(15-20-21)10-6-5-7-16-11-13-18(14-12-16)17-8-3-2-4-9-17/h2-4,8-9,11-14,19-21H,5-7,10,15H2,1H3. The zero-order valence-corrected chi connectivity index (χ0v) is 14.8. The first-order valence-corrected chi connectivity index (χ1v) is 10.2. The molecule has 2 N–H and O–H groups in total. The van der Waals surface area contributed by atoms with Crippen molar-refractivity contribution < 1.29 is 13.6 Å². The van der Waals surface area contributed by atoms with E-state index in [1.165, 1.54) is 22.9 Å². The molecule has 0 spiro atoms. The number of nitrogens with one attached hydrogen (secondary N) is 1. The summed E-state index contributed by atoms with van der Waals surface area (Å²) in [5, 5.41) is 8.22. The molecule has 130 valence electrons. The minimum atomic E-state index is -3.13. The first-order valence-electron chi connectivity index (χ1n) is 8.21. The van der Waals surface area contributed by atoms with Gasteiger partial charge in [-0.1, -0.05) is 61.0 Å². The summed E-state index contributed by atoms with van der Waals surface area (Å²) in [5.74, 6) is 0. The Morgan fingerprint density at radius 2 is 1.58 bits per heavy atom. The Morgan fingerprint density at radius 3 is 2.17 bits per heavy atom. The Labute approximate surface area is 144 Å². The number of unbranched alkanes of at least 4 members (excludes halogenated alkanes) is 1. The lowest BCUT2D eigenvalue weighted by molar-refractivity contribution is 0.165. The van der Waals surface area contributed by atoms with Crippen LogP contribution in [0.1, 0.15) is 24.8 Å². The van der Waals surface area contributed by atoms with Gasteiger partial charge >= 0.3 is 0 Å². The normalized spacial score (nSPS) is 12.9. The molecule has 2 aromatic rings. The van der Waals surface area contributed by atoms with Crippen molar-refractivity contribution in [3.63, 3.8) is 0 Å². The lowest BCUT2D eigenvalue weighted by Gasteiger charge is -2.13. The lowest BCUT2D eigenvalue weighted by Crippen LogP contribution is -2.31. The van der Waals surface area contributed by atoms with Crippen LogP contribution < -0.4 is 5.48 Å². The third kappa shape index (κ3) is 5.74. The van der Waals surface area contributed by atoms with E-state index in [-0.39, 0.29) is 6.54 Å². The van der Waals surface area contributed by atoms with Gasteiger partial charge < -0.3 is 5.21 Å². The van der Waals surface area contributed by atoms with E-state index in [1.807, 2.05) is 23.7 Å². The van der Waals surface area contributed by atoms with Crippen molar-refractivity contribution in [1.29, 1.82) is 0 Å². The second kappa shape index (κ2) is 8.97. The molecule has 5 heteroatoms. The molecule has 0 aliphatic carbocycles. The quantitative estimate of drug-likeness (QED) is 0.538. The summed E-state index contributed by atoms with van der Waals surface area (Å²) in [4.78, 5) is 0. The van der Waals surface area contributed by atoms with E-state index < -0.39 is 15.1 Å². The summed E-state index contributed by atoms with van der Waals surface area (Å²) in [6.07, 6.45) is 4.46. The fourth-order valence-corrected chi connectivity index (χ4v) is 3.74.